The number of imidazole rings is 1. The van der Waals surface area contributed by atoms with E-state index in [0.717, 1.165) is 22.6 Å². The van der Waals surface area contributed by atoms with Crippen molar-refractivity contribution in [3.05, 3.63) is 84.2 Å². The van der Waals surface area contributed by atoms with Crippen LogP contribution in [0.2, 0.25) is 0 Å². The number of aryl methyl sites for hydroxylation is 1. The fourth-order valence-corrected chi connectivity index (χ4v) is 2.91. The Kier molecular flexibility index (Phi) is 4.34. The third-order valence-corrected chi connectivity index (χ3v) is 4.39. The van der Waals surface area contributed by atoms with Crippen molar-refractivity contribution < 1.29 is 9.53 Å². The lowest BCUT2D eigenvalue weighted by Gasteiger charge is -2.07. The van der Waals surface area contributed by atoms with Crippen molar-refractivity contribution in [3.8, 4) is 17.0 Å². The van der Waals surface area contributed by atoms with Gasteiger partial charge in [0, 0.05) is 29.2 Å². The largest absolute Gasteiger partial charge is 0.497 e. The lowest BCUT2D eigenvalue weighted by atomic mass is 10.1. The van der Waals surface area contributed by atoms with Gasteiger partial charge in [0.1, 0.15) is 11.4 Å². The van der Waals surface area contributed by atoms with Crippen molar-refractivity contribution in [3.63, 3.8) is 0 Å². The zero-order chi connectivity index (χ0) is 18.8. The molecule has 0 fully saturated rings. The lowest BCUT2D eigenvalue weighted by Crippen LogP contribution is -2.11. The molecule has 5 heteroatoms. The predicted octanol–water partition coefficient (Wildman–Crippen LogP) is 4.57. The van der Waals surface area contributed by atoms with Gasteiger partial charge in [0.25, 0.3) is 5.91 Å². The Morgan fingerprint density at radius 3 is 2.67 bits per heavy atom. The number of carbonyl (C=O) groups is 1. The summed E-state index contributed by atoms with van der Waals surface area (Å²) in [5.74, 6) is 0.477. The highest BCUT2D eigenvalue weighted by Gasteiger charge is 2.08. The SMILES string of the molecule is COc1cccc(C(=O)Nc2ccc(-c3cn4ccc(C)cc4n3)cc2)c1. The minimum atomic E-state index is -0.176. The topological polar surface area (TPSA) is 55.6 Å². The van der Waals surface area contributed by atoms with Crippen LogP contribution in [0.1, 0.15) is 15.9 Å². The number of amides is 1. The summed E-state index contributed by atoms with van der Waals surface area (Å²) in [7, 11) is 1.58. The van der Waals surface area contributed by atoms with E-state index in [1.54, 1.807) is 25.3 Å². The number of hydrogen-bond acceptors (Lipinski definition) is 3. The van der Waals surface area contributed by atoms with Crippen LogP contribution in [0.25, 0.3) is 16.9 Å². The molecule has 2 heterocycles. The summed E-state index contributed by atoms with van der Waals surface area (Å²) in [5.41, 5.74) is 5.26. The van der Waals surface area contributed by atoms with E-state index >= 15 is 0 Å². The van der Waals surface area contributed by atoms with Crippen molar-refractivity contribution in [2.24, 2.45) is 0 Å². The van der Waals surface area contributed by atoms with E-state index in [0.29, 0.717) is 11.3 Å². The van der Waals surface area contributed by atoms with Crippen molar-refractivity contribution in [2.45, 2.75) is 6.92 Å². The number of hydrogen-bond donors (Lipinski definition) is 1. The van der Waals surface area contributed by atoms with Gasteiger partial charge >= 0.3 is 0 Å². The molecule has 2 aromatic carbocycles. The fourth-order valence-electron chi connectivity index (χ4n) is 2.91. The molecule has 134 valence electrons. The first-order valence-electron chi connectivity index (χ1n) is 8.63. The van der Waals surface area contributed by atoms with E-state index in [4.69, 9.17) is 4.74 Å². The molecular formula is C22H19N3O2. The molecule has 0 atom stereocenters. The maximum Gasteiger partial charge on any atom is 0.255 e. The van der Waals surface area contributed by atoms with Gasteiger partial charge in [0.05, 0.1) is 12.8 Å². The first-order chi connectivity index (χ1) is 13.1. The molecule has 0 saturated carbocycles. The molecule has 0 aliphatic heterocycles. The molecule has 1 amide bonds. The number of aromatic nitrogens is 2. The van der Waals surface area contributed by atoms with Crippen molar-refractivity contribution in [1.82, 2.24) is 9.38 Å². The number of nitrogens with zero attached hydrogens (tertiary/aromatic N) is 2. The molecule has 4 aromatic rings. The van der Waals surface area contributed by atoms with Gasteiger partial charge < -0.3 is 14.5 Å². The monoisotopic (exact) mass is 357 g/mol. The van der Waals surface area contributed by atoms with Crippen LogP contribution >= 0.6 is 0 Å². The molecule has 0 spiro atoms. The highest BCUT2D eigenvalue weighted by Crippen LogP contribution is 2.22. The van der Waals surface area contributed by atoms with Gasteiger partial charge in [0.15, 0.2) is 0 Å². The van der Waals surface area contributed by atoms with Crippen LogP contribution in [0, 0.1) is 6.92 Å². The zero-order valence-electron chi connectivity index (χ0n) is 15.1. The third kappa shape index (κ3) is 3.53. The number of carbonyl (C=O) groups excluding carboxylic acids is 1. The number of ether oxygens (including phenoxy) is 1. The second-order valence-corrected chi connectivity index (χ2v) is 6.36. The predicted molar refractivity (Wildman–Crippen MR) is 106 cm³/mol. The fraction of sp³-hybridized carbons (Fsp3) is 0.0909. The Labute approximate surface area is 157 Å². The second-order valence-electron chi connectivity index (χ2n) is 6.36. The second kappa shape index (κ2) is 6.96. The highest BCUT2D eigenvalue weighted by molar-refractivity contribution is 6.04. The van der Waals surface area contributed by atoms with Gasteiger partial charge in [-0.1, -0.05) is 18.2 Å². The highest BCUT2D eigenvalue weighted by atomic mass is 16.5. The van der Waals surface area contributed by atoms with Crippen LogP contribution in [0.3, 0.4) is 0 Å². The van der Waals surface area contributed by atoms with Gasteiger partial charge in [0.2, 0.25) is 0 Å². The van der Waals surface area contributed by atoms with Crippen LogP contribution in [0.4, 0.5) is 5.69 Å². The van der Waals surface area contributed by atoms with Crippen LogP contribution in [-0.4, -0.2) is 22.4 Å². The Morgan fingerprint density at radius 1 is 1.07 bits per heavy atom. The summed E-state index contributed by atoms with van der Waals surface area (Å²) in [4.78, 5) is 17.1. The Morgan fingerprint density at radius 2 is 1.89 bits per heavy atom. The number of nitrogens with one attached hydrogen (secondary N) is 1. The van der Waals surface area contributed by atoms with Gasteiger partial charge in [-0.3, -0.25) is 4.79 Å². The van der Waals surface area contributed by atoms with Crippen molar-refractivity contribution in [1.29, 1.82) is 0 Å². The summed E-state index contributed by atoms with van der Waals surface area (Å²) in [6.07, 6.45) is 4.00. The molecule has 5 nitrogen and oxygen atoms in total. The standard InChI is InChI=1S/C22H19N3O2/c1-15-10-11-25-14-20(24-21(25)12-15)16-6-8-18(9-7-16)23-22(26)17-4-3-5-19(13-17)27-2/h3-14H,1-2H3,(H,23,26). The Hall–Kier alpha value is -3.60. The molecule has 0 aliphatic carbocycles. The van der Waals surface area contributed by atoms with E-state index in [1.807, 2.05) is 60.1 Å². The number of rotatable bonds is 4. The van der Waals surface area contributed by atoms with E-state index in [2.05, 4.69) is 16.4 Å². The van der Waals surface area contributed by atoms with E-state index in [1.165, 1.54) is 5.56 Å². The molecule has 0 radical (unpaired) electrons. The van der Waals surface area contributed by atoms with E-state index in [-0.39, 0.29) is 5.91 Å². The zero-order valence-corrected chi connectivity index (χ0v) is 15.1. The maximum absolute atomic E-state index is 12.4. The van der Waals surface area contributed by atoms with Crippen LogP contribution in [0.5, 0.6) is 5.75 Å². The molecule has 4 rings (SSSR count). The van der Waals surface area contributed by atoms with Crippen LogP contribution in [0.15, 0.2) is 73.1 Å². The van der Waals surface area contributed by atoms with Crippen molar-refractivity contribution >= 4 is 17.2 Å². The number of fused-ring (bicyclic) bond motifs is 1. The lowest BCUT2D eigenvalue weighted by molar-refractivity contribution is 0.102. The smallest absolute Gasteiger partial charge is 0.255 e. The van der Waals surface area contributed by atoms with Gasteiger partial charge in [-0.25, -0.2) is 4.98 Å². The van der Waals surface area contributed by atoms with Gasteiger partial charge in [-0.05, 0) is 55.0 Å². The summed E-state index contributed by atoms with van der Waals surface area (Å²) in [5, 5.41) is 2.90. The van der Waals surface area contributed by atoms with E-state index in [9.17, 15) is 4.79 Å². The van der Waals surface area contributed by atoms with Crippen molar-refractivity contribution in [2.75, 3.05) is 12.4 Å². The summed E-state index contributed by atoms with van der Waals surface area (Å²) < 4.78 is 7.16. The molecule has 0 saturated heterocycles. The normalized spacial score (nSPS) is 10.7. The molecule has 0 aliphatic rings. The molecule has 1 N–H and O–H groups in total. The Bertz CT molecular complexity index is 1110. The van der Waals surface area contributed by atoms with Gasteiger partial charge in [-0.2, -0.15) is 0 Å². The molecule has 27 heavy (non-hydrogen) atoms. The third-order valence-electron chi connectivity index (χ3n) is 4.39. The maximum atomic E-state index is 12.4. The molecule has 2 aromatic heterocycles. The Balaban J connectivity index is 1.53. The number of benzene rings is 2. The quantitative estimate of drug-likeness (QED) is 0.582. The first-order valence-corrected chi connectivity index (χ1v) is 8.63. The average Bonchev–Trinajstić information content (AvgIpc) is 3.11. The van der Waals surface area contributed by atoms with E-state index < -0.39 is 0 Å². The minimum Gasteiger partial charge on any atom is -0.497 e. The first kappa shape index (κ1) is 16.8. The molecule has 0 bridgehead atoms. The van der Waals surface area contributed by atoms with Crippen LogP contribution < -0.4 is 10.1 Å². The van der Waals surface area contributed by atoms with Gasteiger partial charge in [-0.15, -0.1) is 0 Å². The minimum absolute atomic E-state index is 0.176. The van der Waals surface area contributed by atoms with Crippen LogP contribution in [-0.2, 0) is 0 Å². The summed E-state index contributed by atoms with van der Waals surface area (Å²) in [6.45, 7) is 2.05. The summed E-state index contributed by atoms with van der Waals surface area (Å²) in [6, 6.07) is 18.8. The summed E-state index contributed by atoms with van der Waals surface area (Å²) >= 11 is 0. The number of pyridine rings is 1. The average molecular weight is 357 g/mol. The molecular weight excluding hydrogens is 338 g/mol. The number of methoxy groups -OCH3 is 1. The molecule has 0 unspecified atom stereocenters. The number of anilines is 1.